The van der Waals surface area contributed by atoms with E-state index in [1.807, 2.05) is 25.1 Å². The molecule has 4 fully saturated rings. The molecule has 0 aromatic heterocycles. The summed E-state index contributed by atoms with van der Waals surface area (Å²) in [6.07, 6.45) is 7.36. The minimum absolute atomic E-state index is 0.124. The maximum Gasteiger partial charge on any atom is 0.171 e. The van der Waals surface area contributed by atoms with E-state index in [1.54, 1.807) is 0 Å². The lowest BCUT2D eigenvalue weighted by Crippen LogP contribution is -2.53. The van der Waals surface area contributed by atoms with Crippen LogP contribution in [-0.2, 0) is 4.79 Å². The Morgan fingerprint density at radius 3 is 2.19 bits per heavy atom. The Kier molecular flexibility index (Phi) is 3.75. The maximum atomic E-state index is 14.0. The van der Waals surface area contributed by atoms with E-state index in [0.717, 1.165) is 53.8 Å². The van der Waals surface area contributed by atoms with Crippen LogP contribution in [0.1, 0.15) is 57.1 Å². The highest BCUT2D eigenvalue weighted by Crippen LogP contribution is 2.61. The van der Waals surface area contributed by atoms with E-state index in [-0.39, 0.29) is 11.5 Å². The largest absolute Gasteiger partial charge is 0.351 e. The Bertz CT molecular complexity index is 762. The van der Waals surface area contributed by atoms with Gasteiger partial charge in [0.1, 0.15) is 0 Å². The molecule has 1 aromatic rings. The maximum absolute atomic E-state index is 14.0. The molecule has 4 bridgehead atoms. The summed E-state index contributed by atoms with van der Waals surface area (Å²) in [5.74, 6) is 2.69. The van der Waals surface area contributed by atoms with E-state index in [9.17, 15) is 4.79 Å². The van der Waals surface area contributed by atoms with Gasteiger partial charge in [0.2, 0.25) is 0 Å². The molecule has 0 spiro atoms. The molecule has 4 aliphatic carbocycles. The Morgan fingerprint density at radius 2 is 1.62 bits per heavy atom. The highest BCUT2D eigenvalue weighted by atomic mass is 32.1. The summed E-state index contributed by atoms with van der Waals surface area (Å²) in [7, 11) is 0. The van der Waals surface area contributed by atoms with Gasteiger partial charge in [-0.15, -0.1) is 0 Å². The number of carbonyl (C=O) groups is 1. The molecule has 3 nitrogen and oxygen atoms in total. The van der Waals surface area contributed by atoms with E-state index in [4.69, 9.17) is 12.2 Å². The zero-order valence-corrected chi connectivity index (χ0v) is 16.1. The third kappa shape index (κ3) is 2.53. The monoisotopic (exact) mass is 366 g/mol. The summed E-state index contributed by atoms with van der Waals surface area (Å²) in [5, 5.41) is 7.20. The fourth-order valence-electron chi connectivity index (χ4n) is 6.56. The molecule has 0 saturated heterocycles. The van der Waals surface area contributed by atoms with Gasteiger partial charge in [-0.1, -0.05) is 30.3 Å². The molecule has 0 amide bonds. The highest BCUT2D eigenvalue weighted by molar-refractivity contribution is 7.80. The van der Waals surface area contributed by atoms with Crippen molar-refractivity contribution >= 4 is 23.1 Å². The standard InChI is InChI=1S/C22H26N2OS/c1-13-18(19(24-21(26)23-13)17-5-3-2-4-6-17)20(25)22-10-14-7-15(11-22)9-16(8-14)12-22/h2-6,14-16,19H,7-12H2,1H3,(H2,23,24,26). The van der Waals surface area contributed by atoms with E-state index in [0.29, 0.717) is 10.9 Å². The number of nitrogens with one attached hydrogen (secondary N) is 2. The van der Waals surface area contributed by atoms with Gasteiger partial charge in [0, 0.05) is 16.7 Å². The van der Waals surface area contributed by atoms with Gasteiger partial charge in [0.05, 0.1) is 6.04 Å². The van der Waals surface area contributed by atoms with E-state index in [1.165, 1.54) is 19.3 Å². The van der Waals surface area contributed by atoms with Gasteiger partial charge < -0.3 is 10.6 Å². The van der Waals surface area contributed by atoms with E-state index >= 15 is 0 Å². The van der Waals surface area contributed by atoms with Gasteiger partial charge in [0.25, 0.3) is 0 Å². The number of Topliss-reactive ketones (excluding diaryl/α,β-unsaturated/α-hetero) is 1. The van der Waals surface area contributed by atoms with Gasteiger partial charge in [0.15, 0.2) is 10.9 Å². The summed E-state index contributed by atoms with van der Waals surface area (Å²) >= 11 is 5.40. The van der Waals surface area contributed by atoms with Crippen molar-refractivity contribution in [1.82, 2.24) is 10.6 Å². The van der Waals surface area contributed by atoms with Crippen molar-refractivity contribution in [3.8, 4) is 0 Å². The van der Waals surface area contributed by atoms with Gasteiger partial charge >= 0.3 is 0 Å². The molecule has 1 aliphatic heterocycles. The van der Waals surface area contributed by atoms with E-state index in [2.05, 4.69) is 22.8 Å². The second-order valence-corrected chi connectivity index (χ2v) is 9.42. The molecule has 4 heteroatoms. The molecule has 2 N–H and O–H groups in total. The topological polar surface area (TPSA) is 41.1 Å². The van der Waals surface area contributed by atoms with Crippen molar-refractivity contribution in [2.45, 2.75) is 51.5 Å². The summed E-state index contributed by atoms with van der Waals surface area (Å²) in [6, 6.07) is 10.1. The number of ketones is 1. The average Bonchev–Trinajstić information content (AvgIpc) is 2.60. The predicted octanol–water partition coefficient (Wildman–Crippen LogP) is 4.26. The summed E-state index contributed by atoms with van der Waals surface area (Å²) < 4.78 is 0. The number of thiocarbonyl (C=S) groups is 1. The molecule has 0 radical (unpaired) electrons. The van der Waals surface area contributed by atoms with Gasteiger partial charge in [-0.2, -0.15) is 0 Å². The van der Waals surface area contributed by atoms with Crippen molar-refractivity contribution in [2.24, 2.45) is 23.2 Å². The lowest BCUT2D eigenvalue weighted by Gasteiger charge is -2.56. The molecule has 5 aliphatic rings. The minimum atomic E-state index is -0.134. The minimum Gasteiger partial charge on any atom is -0.351 e. The lowest BCUT2D eigenvalue weighted by molar-refractivity contribution is -0.140. The van der Waals surface area contributed by atoms with Crippen LogP contribution in [-0.4, -0.2) is 10.9 Å². The molecule has 6 rings (SSSR count). The van der Waals surface area contributed by atoms with Crippen LogP contribution in [0.25, 0.3) is 0 Å². The molecule has 1 heterocycles. The van der Waals surface area contributed by atoms with Gasteiger partial charge in [-0.25, -0.2) is 0 Å². The zero-order chi connectivity index (χ0) is 17.9. The van der Waals surface area contributed by atoms with Crippen LogP contribution in [0.5, 0.6) is 0 Å². The molecule has 26 heavy (non-hydrogen) atoms. The summed E-state index contributed by atoms with van der Waals surface area (Å²) in [6.45, 7) is 2.01. The summed E-state index contributed by atoms with van der Waals surface area (Å²) in [5.41, 5.74) is 2.83. The first kappa shape index (κ1) is 16.5. The quantitative estimate of drug-likeness (QED) is 0.784. The Balaban J connectivity index is 1.55. The normalized spacial score (nSPS) is 38.1. The van der Waals surface area contributed by atoms with Crippen LogP contribution in [0.3, 0.4) is 0 Å². The van der Waals surface area contributed by atoms with Crippen molar-refractivity contribution in [3.05, 3.63) is 47.2 Å². The number of allylic oxidation sites excluding steroid dienone is 1. The molecule has 1 unspecified atom stereocenters. The van der Waals surface area contributed by atoms with Gasteiger partial charge in [-0.3, -0.25) is 4.79 Å². The molecule has 1 atom stereocenters. The first-order valence-corrected chi connectivity index (χ1v) is 10.3. The van der Waals surface area contributed by atoms with Crippen LogP contribution < -0.4 is 10.6 Å². The van der Waals surface area contributed by atoms with Crippen LogP contribution in [0.4, 0.5) is 0 Å². The average molecular weight is 367 g/mol. The summed E-state index contributed by atoms with van der Waals surface area (Å²) in [4.78, 5) is 14.0. The number of carbonyl (C=O) groups excluding carboxylic acids is 1. The number of rotatable bonds is 3. The Hall–Kier alpha value is -1.68. The Labute approximate surface area is 160 Å². The molecular formula is C22H26N2OS. The number of hydrogen-bond acceptors (Lipinski definition) is 2. The van der Waals surface area contributed by atoms with Crippen molar-refractivity contribution in [2.75, 3.05) is 0 Å². The number of hydrogen-bond donors (Lipinski definition) is 2. The lowest BCUT2D eigenvalue weighted by atomic mass is 9.48. The molecule has 136 valence electrons. The van der Waals surface area contributed by atoms with Crippen molar-refractivity contribution in [3.63, 3.8) is 0 Å². The third-order valence-corrected chi connectivity index (χ3v) is 7.39. The predicted molar refractivity (Wildman–Crippen MR) is 106 cm³/mol. The molecule has 1 aromatic carbocycles. The highest BCUT2D eigenvalue weighted by Gasteiger charge is 2.55. The third-order valence-electron chi connectivity index (χ3n) is 7.17. The van der Waals surface area contributed by atoms with Crippen LogP contribution in [0.2, 0.25) is 0 Å². The SMILES string of the molecule is CC1=C(C(=O)C23CC4CC(CC(C4)C2)C3)C(c2ccccc2)NC(=S)N1. The fraction of sp³-hybridized carbons (Fsp3) is 0.545. The Morgan fingerprint density at radius 1 is 1.04 bits per heavy atom. The first-order chi connectivity index (χ1) is 12.5. The smallest absolute Gasteiger partial charge is 0.171 e. The van der Waals surface area contributed by atoms with Crippen molar-refractivity contribution < 1.29 is 4.79 Å². The fourth-order valence-corrected chi connectivity index (χ4v) is 6.84. The molecular weight excluding hydrogens is 340 g/mol. The van der Waals surface area contributed by atoms with E-state index < -0.39 is 0 Å². The first-order valence-electron chi connectivity index (χ1n) is 9.92. The van der Waals surface area contributed by atoms with Crippen molar-refractivity contribution in [1.29, 1.82) is 0 Å². The van der Waals surface area contributed by atoms with Gasteiger partial charge in [-0.05, 0) is 81.0 Å². The van der Waals surface area contributed by atoms with Crippen LogP contribution in [0, 0.1) is 23.2 Å². The zero-order valence-electron chi connectivity index (χ0n) is 15.3. The number of benzene rings is 1. The van der Waals surface area contributed by atoms with Crippen LogP contribution >= 0.6 is 12.2 Å². The molecule has 4 saturated carbocycles. The second-order valence-electron chi connectivity index (χ2n) is 9.01. The van der Waals surface area contributed by atoms with Crippen LogP contribution in [0.15, 0.2) is 41.6 Å². The second kappa shape index (κ2) is 5.91.